The maximum atomic E-state index is 12.3. The van der Waals surface area contributed by atoms with Gasteiger partial charge in [0.05, 0.1) is 17.1 Å². The maximum Gasteiger partial charge on any atom is 0.335 e. The van der Waals surface area contributed by atoms with Crippen LogP contribution in [-0.2, 0) is 0 Å². The molecule has 5 nitrogen and oxygen atoms in total. The van der Waals surface area contributed by atoms with Crippen LogP contribution in [0.5, 0.6) is 0 Å². The second kappa shape index (κ2) is 4.95. The van der Waals surface area contributed by atoms with Crippen LogP contribution in [0.1, 0.15) is 17.3 Å². The smallest absolute Gasteiger partial charge is 0.335 e. The van der Waals surface area contributed by atoms with Crippen molar-refractivity contribution in [2.45, 2.75) is 13.0 Å². The minimum Gasteiger partial charge on any atom is -0.478 e. The monoisotopic (exact) mass is 249 g/mol. The third kappa shape index (κ3) is 2.53. The van der Waals surface area contributed by atoms with Gasteiger partial charge in [-0.1, -0.05) is 0 Å². The Bertz CT molecular complexity index is 589. The summed E-state index contributed by atoms with van der Waals surface area (Å²) in [5, 5.41) is 12.3. The zero-order valence-electron chi connectivity index (χ0n) is 9.72. The van der Waals surface area contributed by atoms with Gasteiger partial charge in [-0.15, -0.1) is 0 Å². The molecule has 2 N–H and O–H groups in total. The van der Waals surface area contributed by atoms with Gasteiger partial charge in [-0.05, 0) is 25.1 Å². The van der Waals surface area contributed by atoms with E-state index in [0.29, 0.717) is 16.9 Å². The third-order valence-electron chi connectivity index (χ3n) is 2.43. The predicted molar refractivity (Wildman–Crippen MR) is 65.6 cm³/mol. The second-order valence-corrected chi connectivity index (χ2v) is 3.97. The zero-order chi connectivity index (χ0) is 13.1. The molecule has 0 aliphatic heterocycles. The Morgan fingerprint density at radius 1 is 1.56 bits per heavy atom. The molecule has 18 heavy (non-hydrogen) atoms. The minimum atomic E-state index is -0.995. The zero-order valence-corrected chi connectivity index (χ0v) is 9.72. The van der Waals surface area contributed by atoms with E-state index in [1.807, 2.05) is 0 Å². The molecule has 1 heterocycles. The summed E-state index contributed by atoms with van der Waals surface area (Å²) in [4.78, 5) is 19.0. The van der Waals surface area contributed by atoms with Crippen LogP contribution in [0.2, 0.25) is 0 Å². The number of carboxylic acid groups (broad SMARTS) is 1. The van der Waals surface area contributed by atoms with Crippen LogP contribution in [0.15, 0.2) is 24.4 Å². The number of carboxylic acids is 1. The first kappa shape index (κ1) is 12.2. The highest BCUT2D eigenvalue weighted by Crippen LogP contribution is 2.15. The number of benzene rings is 1. The molecule has 0 aliphatic carbocycles. The van der Waals surface area contributed by atoms with E-state index in [-0.39, 0.29) is 11.6 Å². The van der Waals surface area contributed by atoms with E-state index in [1.54, 1.807) is 13.0 Å². The van der Waals surface area contributed by atoms with Gasteiger partial charge in [0.1, 0.15) is 6.67 Å². The average molecular weight is 249 g/mol. The van der Waals surface area contributed by atoms with Gasteiger partial charge >= 0.3 is 5.97 Å². The number of anilines is 1. The molecule has 0 radical (unpaired) electrons. The summed E-state index contributed by atoms with van der Waals surface area (Å²) < 4.78 is 12.3. The van der Waals surface area contributed by atoms with Crippen molar-refractivity contribution in [2.24, 2.45) is 0 Å². The van der Waals surface area contributed by atoms with E-state index >= 15 is 0 Å². The summed E-state index contributed by atoms with van der Waals surface area (Å²) in [6, 6.07) is 4.21. The molecule has 94 valence electrons. The Hall–Kier alpha value is -2.24. The molecular weight excluding hydrogens is 237 g/mol. The van der Waals surface area contributed by atoms with Gasteiger partial charge in [0.25, 0.3) is 0 Å². The minimum absolute atomic E-state index is 0.184. The summed E-state index contributed by atoms with van der Waals surface area (Å²) in [5.41, 5.74) is 0.799. The largest absolute Gasteiger partial charge is 0.478 e. The number of fused-ring (bicyclic) bond motifs is 1. The van der Waals surface area contributed by atoms with Crippen LogP contribution in [-0.4, -0.2) is 33.8 Å². The Labute approximate surface area is 103 Å². The lowest BCUT2D eigenvalue weighted by Crippen LogP contribution is -2.18. The van der Waals surface area contributed by atoms with Crippen molar-refractivity contribution < 1.29 is 14.3 Å². The summed E-state index contributed by atoms with van der Waals surface area (Å²) in [6.45, 7) is 1.17. The van der Waals surface area contributed by atoms with Crippen LogP contribution < -0.4 is 5.32 Å². The molecule has 2 aromatic rings. The summed E-state index contributed by atoms with van der Waals surface area (Å²) in [6.07, 6.45) is 1.52. The van der Waals surface area contributed by atoms with Crippen molar-refractivity contribution >= 4 is 22.8 Å². The van der Waals surface area contributed by atoms with Gasteiger partial charge in [-0.25, -0.2) is 19.2 Å². The molecule has 0 aliphatic rings. The van der Waals surface area contributed by atoms with Gasteiger partial charge < -0.3 is 10.4 Å². The number of hydrogen-bond donors (Lipinski definition) is 2. The molecule has 0 fully saturated rings. The fraction of sp³-hybridized carbons (Fsp3) is 0.250. The van der Waals surface area contributed by atoms with E-state index in [0.717, 1.165) is 0 Å². The molecule has 6 heteroatoms. The highest BCUT2D eigenvalue weighted by molar-refractivity contribution is 5.93. The SMILES string of the molecule is CC(CF)Nc1ncc2cc(C(=O)O)ccc2n1. The number of halogens is 1. The van der Waals surface area contributed by atoms with Gasteiger partial charge in [0.15, 0.2) is 0 Å². The highest BCUT2D eigenvalue weighted by Gasteiger charge is 2.07. The van der Waals surface area contributed by atoms with E-state index in [1.165, 1.54) is 18.3 Å². The van der Waals surface area contributed by atoms with Crippen LogP contribution in [0, 0.1) is 0 Å². The van der Waals surface area contributed by atoms with Gasteiger partial charge in [-0.2, -0.15) is 0 Å². The number of aromatic carboxylic acids is 1. The molecule has 1 aromatic carbocycles. The topological polar surface area (TPSA) is 75.1 Å². The quantitative estimate of drug-likeness (QED) is 0.867. The number of aromatic nitrogens is 2. The molecule has 1 unspecified atom stereocenters. The summed E-state index contributed by atoms with van der Waals surface area (Å²) in [5.74, 6) is -0.666. The van der Waals surface area contributed by atoms with E-state index in [2.05, 4.69) is 15.3 Å². The maximum absolute atomic E-state index is 12.3. The van der Waals surface area contributed by atoms with Crippen molar-refractivity contribution in [1.82, 2.24) is 9.97 Å². The first-order valence-corrected chi connectivity index (χ1v) is 5.42. The number of carbonyl (C=O) groups is 1. The van der Waals surface area contributed by atoms with Crippen LogP contribution in [0.25, 0.3) is 10.9 Å². The van der Waals surface area contributed by atoms with E-state index in [9.17, 15) is 9.18 Å². The van der Waals surface area contributed by atoms with Crippen molar-refractivity contribution in [3.8, 4) is 0 Å². The van der Waals surface area contributed by atoms with Crippen molar-refractivity contribution in [3.05, 3.63) is 30.0 Å². The lowest BCUT2D eigenvalue weighted by molar-refractivity contribution is 0.0697. The summed E-state index contributed by atoms with van der Waals surface area (Å²) in [7, 11) is 0. The molecule has 0 amide bonds. The molecule has 0 saturated carbocycles. The number of rotatable bonds is 4. The number of hydrogen-bond acceptors (Lipinski definition) is 4. The Morgan fingerprint density at radius 3 is 3.00 bits per heavy atom. The van der Waals surface area contributed by atoms with E-state index < -0.39 is 12.6 Å². The standard InChI is InChI=1S/C12H12FN3O2/c1-7(5-13)15-12-14-6-9-4-8(11(17)18)2-3-10(9)16-12/h2-4,6-7H,5H2,1H3,(H,17,18)(H,14,15,16). The molecule has 2 rings (SSSR count). The molecule has 1 atom stereocenters. The Kier molecular flexibility index (Phi) is 3.36. The van der Waals surface area contributed by atoms with Crippen molar-refractivity contribution in [2.75, 3.05) is 12.0 Å². The fourth-order valence-electron chi connectivity index (χ4n) is 1.49. The van der Waals surface area contributed by atoms with Gasteiger partial charge in [0, 0.05) is 11.6 Å². The first-order valence-electron chi connectivity index (χ1n) is 5.42. The van der Waals surface area contributed by atoms with Gasteiger partial charge in [-0.3, -0.25) is 0 Å². The number of nitrogens with one attached hydrogen (secondary N) is 1. The molecular formula is C12H12FN3O2. The van der Waals surface area contributed by atoms with Crippen molar-refractivity contribution in [1.29, 1.82) is 0 Å². The molecule has 0 spiro atoms. The second-order valence-electron chi connectivity index (χ2n) is 3.97. The third-order valence-corrected chi connectivity index (χ3v) is 2.43. The normalized spacial score (nSPS) is 12.3. The van der Waals surface area contributed by atoms with E-state index in [4.69, 9.17) is 5.11 Å². The Morgan fingerprint density at radius 2 is 2.33 bits per heavy atom. The van der Waals surface area contributed by atoms with Crippen molar-refractivity contribution in [3.63, 3.8) is 0 Å². The van der Waals surface area contributed by atoms with Crippen LogP contribution in [0.3, 0.4) is 0 Å². The molecule has 0 saturated heterocycles. The van der Waals surface area contributed by atoms with Crippen LogP contribution >= 0.6 is 0 Å². The van der Waals surface area contributed by atoms with Crippen LogP contribution in [0.4, 0.5) is 10.3 Å². The highest BCUT2D eigenvalue weighted by atomic mass is 19.1. The Balaban J connectivity index is 2.35. The molecule has 0 bridgehead atoms. The number of nitrogens with zero attached hydrogens (tertiary/aromatic N) is 2. The predicted octanol–water partition coefficient (Wildman–Crippen LogP) is 2.10. The molecule has 1 aromatic heterocycles. The lowest BCUT2D eigenvalue weighted by atomic mass is 10.1. The first-order chi connectivity index (χ1) is 8.60. The average Bonchev–Trinajstić information content (AvgIpc) is 2.37. The summed E-state index contributed by atoms with van der Waals surface area (Å²) >= 11 is 0. The lowest BCUT2D eigenvalue weighted by Gasteiger charge is -2.09. The van der Waals surface area contributed by atoms with Gasteiger partial charge in [0.2, 0.25) is 5.95 Å². The fourth-order valence-corrected chi connectivity index (χ4v) is 1.49. The number of alkyl halides is 1.